The highest BCUT2D eigenvalue weighted by molar-refractivity contribution is 5.82. The molecule has 1 aliphatic heterocycles. The molecular weight excluding hydrogens is 300 g/mol. The van der Waals surface area contributed by atoms with Crippen LogP contribution in [0.5, 0.6) is 0 Å². The molecule has 1 atom stereocenters. The van der Waals surface area contributed by atoms with Crippen LogP contribution in [0.4, 0.5) is 0 Å². The van der Waals surface area contributed by atoms with Gasteiger partial charge in [-0.2, -0.15) is 0 Å². The lowest BCUT2D eigenvalue weighted by Crippen LogP contribution is -2.53. The van der Waals surface area contributed by atoms with Gasteiger partial charge >= 0.3 is 0 Å². The van der Waals surface area contributed by atoms with Gasteiger partial charge in [-0.25, -0.2) is 0 Å². The highest BCUT2D eigenvalue weighted by Crippen LogP contribution is 2.09. The molecule has 1 fully saturated rings. The van der Waals surface area contributed by atoms with Crippen LogP contribution in [0, 0.1) is 0 Å². The molecule has 0 spiro atoms. The quantitative estimate of drug-likeness (QED) is 0.900. The molecule has 0 radical (unpaired) electrons. The van der Waals surface area contributed by atoms with Crippen LogP contribution in [-0.2, 0) is 17.8 Å². The molecular formula is C19H24N4O. The summed E-state index contributed by atoms with van der Waals surface area (Å²) in [7, 11) is 0. The zero-order valence-electron chi connectivity index (χ0n) is 13.8. The molecule has 0 saturated carbocycles. The standard InChI is InChI=1S/C19H24N4O/c20-18(14-16-6-2-1-3-7-16)19(24)23-12-10-22(11-13-23)15-17-8-4-5-9-21-17/h1-9,18H,10-15,20H2/t18-/m0/s1. The van der Waals surface area contributed by atoms with E-state index in [1.165, 1.54) is 0 Å². The number of carbonyl (C=O) groups is 1. The monoisotopic (exact) mass is 324 g/mol. The summed E-state index contributed by atoms with van der Waals surface area (Å²) in [6, 6.07) is 15.4. The summed E-state index contributed by atoms with van der Waals surface area (Å²) in [5, 5.41) is 0. The average Bonchev–Trinajstić information content (AvgIpc) is 2.63. The van der Waals surface area contributed by atoms with Crippen molar-refractivity contribution in [1.82, 2.24) is 14.8 Å². The van der Waals surface area contributed by atoms with Gasteiger partial charge in [-0.15, -0.1) is 0 Å². The normalized spacial score (nSPS) is 16.8. The lowest BCUT2D eigenvalue weighted by atomic mass is 10.1. The predicted octanol–water partition coefficient (Wildman–Crippen LogP) is 1.30. The van der Waals surface area contributed by atoms with Crippen LogP contribution in [0.15, 0.2) is 54.7 Å². The molecule has 1 amide bonds. The van der Waals surface area contributed by atoms with Gasteiger partial charge in [-0.05, 0) is 24.1 Å². The fourth-order valence-corrected chi connectivity index (χ4v) is 3.04. The van der Waals surface area contributed by atoms with Crippen molar-refractivity contribution >= 4 is 5.91 Å². The van der Waals surface area contributed by atoms with Gasteiger partial charge in [-0.1, -0.05) is 36.4 Å². The Kier molecular flexibility index (Phi) is 5.56. The van der Waals surface area contributed by atoms with E-state index in [-0.39, 0.29) is 5.91 Å². The van der Waals surface area contributed by atoms with Gasteiger partial charge in [0.05, 0.1) is 11.7 Å². The summed E-state index contributed by atoms with van der Waals surface area (Å²) in [5.74, 6) is 0.0522. The fourth-order valence-electron chi connectivity index (χ4n) is 3.04. The van der Waals surface area contributed by atoms with Crippen molar-refractivity contribution in [3.63, 3.8) is 0 Å². The van der Waals surface area contributed by atoms with E-state index in [9.17, 15) is 4.79 Å². The van der Waals surface area contributed by atoms with E-state index in [2.05, 4.69) is 9.88 Å². The molecule has 3 rings (SSSR count). The maximum Gasteiger partial charge on any atom is 0.239 e. The Morgan fingerprint density at radius 2 is 1.75 bits per heavy atom. The molecule has 2 aromatic rings. The first kappa shape index (κ1) is 16.6. The van der Waals surface area contributed by atoms with Gasteiger partial charge in [0, 0.05) is 38.9 Å². The number of hydrogen-bond acceptors (Lipinski definition) is 4. The average molecular weight is 324 g/mol. The molecule has 1 saturated heterocycles. The minimum Gasteiger partial charge on any atom is -0.339 e. The molecule has 126 valence electrons. The van der Waals surface area contributed by atoms with E-state index in [0.29, 0.717) is 6.42 Å². The summed E-state index contributed by atoms with van der Waals surface area (Å²) < 4.78 is 0. The lowest BCUT2D eigenvalue weighted by Gasteiger charge is -2.35. The number of nitrogens with zero attached hydrogens (tertiary/aromatic N) is 3. The van der Waals surface area contributed by atoms with Crippen LogP contribution < -0.4 is 5.73 Å². The predicted molar refractivity (Wildman–Crippen MR) is 94.2 cm³/mol. The van der Waals surface area contributed by atoms with Gasteiger partial charge in [-0.3, -0.25) is 14.7 Å². The molecule has 2 N–H and O–H groups in total. The van der Waals surface area contributed by atoms with Crippen molar-refractivity contribution in [3.05, 3.63) is 66.0 Å². The molecule has 0 unspecified atom stereocenters. The van der Waals surface area contributed by atoms with Crippen molar-refractivity contribution in [2.24, 2.45) is 5.73 Å². The third-order valence-electron chi connectivity index (χ3n) is 4.41. The number of carbonyl (C=O) groups excluding carboxylic acids is 1. The van der Waals surface area contributed by atoms with Crippen molar-refractivity contribution in [1.29, 1.82) is 0 Å². The van der Waals surface area contributed by atoms with Crippen LogP contribution in [-0.4, -0.2) is 52.9 Å². The minimum atomic E-state index is -0.463. The summed E-state index contributed by atoms with van der Waals surface area (Å²) in [4.78, 5) is 21.1. The van der Waals surface area contributed by atoms with Crippen LogP contribution in [0.25, 0.3) is 0 Å². The second kappa shape index (κ2) is 8.04. The number of rotatable bonds is 5. The topological polar surface area (TPSA) is 62.5 Å². The molecule has 2 heterocycles. The summed E-state index contributed by atoms with van der Waals surface area (Å²) in [6.45, 7) is 4.02. The number of piperazine rings is 1. The maximum absolute atomic E-state index is 12.5. The van der Waals surface area contributed by atoms with E-state index in [4.69, 9.17) is 5.73 Å². The van der Waals surface area contributed by atoms with Crippen molar-refractivity contribution < 1.29 is 4.79 Å². The molecule has 1 aromatic heterocycles. The first-order valence-corrected chi connectivity index (χ1v) is 8.43. The minimum absolute atomic E-state index is 0.0522. The first-order chi connectivity index (χ1) is 11.7. The number of amides is 1. The van der Waals surface area contributed by atoms with E-state index in [1.54, 1.807) is 0 Å². The van der Waals surface area contributed by atoms with Crippen LogP contribution in [0.3, 0.4) is 0 Å². The summed E-state index contributed by atoms with van der Waals surface area (Å²) >= 11 is 0. The molecule has 5 nitrogen and oxygen atoms in total. The Labute approximate surface area is 143 Å². The highest BCUT2D eigenvalue weighted by Gasteiger charge is 2.25. The number of nitrogens with two attached hydrogens (primary N) is 1. The molecule has 24 heavy (non-hydrogen) atoms. The largest absolute Gasteiger partial charge is 0.339 e. The lowest BCUT2D eigenvalue weighted by molar-refractivity contribution is -0.134. The van der Waals surface area contributed by atoms with Crippen molar-refractivity contribution in [2.45, 2.75) is 19.0 Å². The van der Waals surface area contributed by atoms with Crippen LogP contribution in [0.2, 0.25) is 0 Å². The Bertz CT molecular complexity index is 639. The van der Waals surface area contributed by atoms with Gasteiger partial charge in [0.2, 0.25) is 5.91 Å². The molecule has 0 aliphatic carbocycles. The van der Waals surface area contributed by atoms with E-state index >= 15 is 0 Å². The van der Waals surface area contributed by atoms with Gasteiger partial charge < -0.3 is 10.6 Å². The Morgan fingerprint density at radius 3 is 2.42 bits per heavy atom. The number of aromatic nitrogens is 1. The number of benzene rings is 1. The molecule has 1 aromatic carbocycles. The van der Waals surface area contributed by atoms with Crippen molar-refractivity contribution in [2.75, 3.05) is 26.2 Å². The SMILES string of the molecule is N[C@@H](Cc1ccccc1)C(=O)N1CCN(Cc2ccccn2)CC1. The van der Waals surface area contributed by atoms with Crippen LogP contribution >= 0.6 is 0 Å². The Hall–Kier alpha value is -2.24. The van der Waals surface area contributed by atoms with E-state index < -0.39 is 6.04 Å². The van der Waals surface area contributed by atoms with Gasteiger partial charge in [0.15, 0.2) is 0 Å². The first-order valence-electron chi connectivity index (χ1n) is 8.43. The molecule has 1 aliphatic rings. The summed E-state index contributed by atoms with van der Waals surface area (Å²) in [6.07, 6.45) is 2.41. The smallest absolute Gasteiger partial charge is 0.239 e. The van der Waals surface area contributed by atoms with Crippen LogP contribution in [0.1, 0.15) is 11.3 Å². The second-order valence-electron chi connectivity index (χ2n) is 6.22. The van der Waals surface area contributed by atoms with Gasteiger partial charge in [0.1, 0.15) is 0 Å². The zero-order chi connectivity index (χ0) is 16.8. The third-order valence-corrected chi connectivity index (χ3v) is 4.41. The maximum atomic E-state index is 12.5. The highest BCUT2D eigenvalue weighted by atomic mass is 16.2. The zero-order valence-corrected chi connectivity index (χ0v) is 13.8. The Morgan fingerprint density at radius 1 is 1.04 bits per heavy atom. The number of hydrogen-bond donors (Lipinski definition) is 1. The summed E-state index contributed by atoms with van der Waals surface area (Å²) in [5.41, 5.74) is 8.29. The van der Waals surface area contributed by atoms with Gasteiger partial charge in [0.25, 0.3) is 0 Å². The van der Waals surface area contributed by atoms with E-state index in [0.717, 1.165) is 44.0 Å². The Balaban J connectivity index is 1.48. The molecule has 5 heteroatoms. The van der Waals surface area contributed by atoms with E-state index in [1.807, 2.05) is 59.6 Å². The third kappa shape index (κ3) is 4.40. The second-order valence-corrected chi connectivity index (χ2v) is 6.22. The molecule has 0 bridgehead atoms. The van der Waals surface area contributed by atoms with Crippen molar-refractivity contribution in [3.8, 4) is 0 Å². The fraction of sp³-hybridized carbons (Fsp3) is 0.368. The number of pyridine rings is 1.